The number of methoxy groups -OCH3 is 1. The van der Waals surface area contributed by atoms with Crippen LogP contribution in [0, 0.1) is 11.7 Å². The molecule has 9 heteroatoms. The third kappa shape index (κ3) is 4.46. The lowest BCUT2D eigenvalue weighted by Crippen LogP contribution is -2.50. The topological polar surface area (TPSA) is 101 Å². The summed E-state index contributed by atoms with van der Waals surface area (Å²) in [7, 11) is 1.23. The van der Waals surface area contributed by atoms with Gasteiger partial charge >= 0.3 is 5.97 Å². The maximum Gasteiger partial charge on any atom is 0.342 e. The molecule has 1 aliphatic carbocycles. The van der Waals surface area contributed by atoms with Gasteiger partial charge in [0.1, 0.15) is 16.9 Å². The molecule has 4 rings (SSSR count). The highest BCUT2D eigenvalue weighted by atomic mass is 19.1. The summed E-state index contributed by atoms with van der Waals surface area (Å²) in [5.41, 5.74) is -0.386. The number of amides is 2. The highest BCUT2D eigenvalue weighted by Gasteiger charge is 2.51. The predicted octanol–water partition coefficient (Wildman–Crippen LogP) is 2.50. The van der Waals surface area contributed by atoms with E-state index in [2.05, 4.69) is 10.6 Å². The maximum atomic E-state index is 14.2. The van der Waals surface area contributed by atoms with Gasteiger partial charge in [-0.15, -0.1) is 0 Å². The summed E-state index contributed by atoms with van der Waals surface area (Å²) >= 11 is 0. The summed E-state index contributed by atoms with van der Waals surface area (Å²) in [4.78, 5) is 38.9. The molecule has 2 aromatic rings. The van der Waals surface area contributed by atoms with E-state index in [1.54, 1.807) is 24.3 Å². The minimum absolute atomic E-state index is 0.0512. The first-order chi connectivity index (χ1) is 15.4. The van der Waals surface area contributed by atoms with Crippen LogP contribution in [-0.2, 0) is 9.53 Å². The van der Waals surface area contributed by atoms with Crippen molar-refractivity contribution in [2.75, 3.05) is 31.6 Å². The summed E-state index contributed by atoms with van der Waals surface area (Å²) in [5, 5.41) is 5.75. The van der Waals surface area contributed by atoms with Crippen LogP contribution in [0.4, 0.5) is 10.1 Å². The van der Waals surface area contributed by atoms with E-state index in [1.165, 1.54) is 19.4 Å². The molecule has 1 aromatic carbocycles. The predicted molar refractivity (Wildman–Crippen MR) is 114 cm³/mol. The zero-order valence-electron chi connectivity index (χ0n) is 17.9. The second-order valence-electron chi connectivity index (χ2n) is 8.28. The molecule has 0 spiro atoms. The van der Waals surface area contributed by atoms with Crippen molar-refractivity contribution in [3.05, 3.63) is 53.7 Å². The van der Waals surface area contributed by atoms with Gasteiger partial charge in [-0.3, -0.25) is 9.59 Å². The van der Waals surface area contributed by atoms with E-state index in [4.69, 9.17) is 9.15 Å². The second-order valence-corrected chi connectivity index (χ2v) is 8.28. The average molecular weight is 443 g/mol. The number of halogens is 1. The number of anilines is 1. The van der Waals surface area contributed by atoms with Crippen molar-refractivity contribution >= 4 is 23.5 Å². The third-order valence-corrected chi connectivity index (χ3v) is 6.17. The van der Waals surface area contributed by atoms with Crippen molar-refractivity contribution in [1.82, 2.24) is 10.6 Å². The average Bonchev–Trinajstić information content (AvgIpc) is 3.37. The number of carbonyl (C=O) groups is 3. The first-order valence-corrected chi connectivity index (χ1v) is 10.7. The van der Waals surface area contributed by atoms with Crippen molar-refractivity contribution in [2.45, 2.75) is 31.2 Å². The highest BCUT2D eigenvalue weighted by molar-refractivity contribution is 5.99. The number of ether oxygens (including phenoxy) is 1. The molecule has 8 nitrogen and oxygen atoms in total. The minimum Gasteiger partial charge on any atom is -0.465 e. The zero-order valence-corrected chi connectivity index (χ0v) is 17.9. The fourth-order valence-electron chi connectivity index (χ4n) is 4.09. The van der Waals surface area contributed by atoms with Crippen LogP contribution in [0.15, 0.2) is 41.0 Å². The van der Waals surface area contributed by atoms with E-state index in [0.29, 0.717) is 38.2 Å². The maximum absolute atomic E-state index is 14.2. The second kappa shape index (κ2) is 9.02. The van der Waals surface area contributed by atoms with Gasteiger partial charge in [0, 0.05) is 19.6 Å². The first kappa shape index (κ1) is 21.9. The molecule has 170 valence electrons. The number of piperidine rings is 1. The standard InChI is InChI=1S/C23H26FN3O5/c1-31-21(29)19-16(24)4-2-5-17(19)27-11-7-15(8-12-27)14-25-22(30)23(9-10-23)26-20(28)18-6-3-13-32-18/h2-6,13,15H,7-12,14H2,1H3,(H,25,30)(H,26,28). The van der Waals surface area contributed by atoms with E-state index >= 15 is 0 Å². The molecule has 1 aromatic heterocycles. The Morgan fingerprint density at radius 3 is 2.56 bits per heavy atom. The van der Waals surface area contributed by atoms with Crippen LogP contribution in [0.2, 0.25) is 0 Å². The van der Waals surface area contributed by atoms with Gasteiger partial charge in [0.15, 0.2) is 5.76 Å². The molecule has 2 aliphatic rings. The van der Waals surface area contributed by atoms with E-state index in [-0.39, 0.29) is 23.1 Å². The van der Waals surface area contributed by atoms with Gasteiger partial charge in [-0.2, -0.15) is 0 Å². The van der Waals surface area contributed by atoms with Crippen molar-refractivity contribution in [2.24, 2.45) is 5.92 Å². The Morgan fingerprint density at radius 1 is 1.19 bits per heavy atom. The molecular formula is C23H26FN3O5. The molecule has 0 unspecified atom stereocenters. The molecule has 0 radical (unpaired) electrons. The van der Waals surface area contributed by atoms with Crippen LogP contribution < -0.4 is 15.5 Å². The van der Waals surface area contributed by atoms with Crippen LogP contribution in [0.25, 0.3) is 0 Å². The van der Waals surface area contributed by atoms with Crippen molar-refractivity contribution in [3.63, 3.8) is 0 Å². The van der Waals surface area contributed by atoms with Gasteiger partial charge in [-0.05, 0) is 55.9 Å². The van der Waals surface area contributed by atoms with Crippen molar-refractivity contribution < 1.29 is 27.9 Å². The van der Waals surface area contributed by atoms with Crippen LogP contribution >= 0.6 is 0 Å². The van der Waals surface area contributed by atoms with Gasteiger partial charge in [0.05, 0.1) is 19.1 Å². The number of nitrogens with one attached hydrogen (secondary N) is 2. The molecule has 2 N–H and O–H groups in total. The molecule has 1 saturated heterocycles. The molecule has 0 bridgehead atoms. The van der Waals surface area contributed by atoms with Gasteiger partial charge in [0.2, 0.25) is 5.91 Å². The number of hydrogen-bond acceptors (Lipinski definition) is 6. The van der Waals surface area contributed by atoms with Crippen LogP contribution in [-0.4, -0.2) is 50.1 Å². The molecule has 1 saturated carbocycles. The summed E-state index contributed by atoms with van der Waals surface area (Å²) in [6.45, 7) is 1.76. The largest absolute Gasteiger partial charge is 0.465 e. The molecule has 1 aliphatic heterocycles. The summed E-state index contributed by atoms with van der Waals surface area (Å²) < 4.78 is 24.0. The van der Waals surface area contributed by atoms with Crippen LogP contribution in [0.1, 0.15) is 46.6 Å². The van der Waals surface area contributed by atoms with Gasteiger partial charge in [0.25, 0.3) is 5.91 Å². The van der Waals surface area contributed by atoms with Crippen LogP contribution in [0.5, 0.6) is 0 Å². The Hall–Kier alpha value is -3.36. The Morgan fingerprint density at radius 2 is 1.94 bits per heavy atom. The van der Waals surface area contributed by atoms with Gasteiger partial charge in [-0.25, -0.2) is 9.18 Å². The Labute approximate surface area is 185 Å². The first-order valence-electron chi connectivity index (χ1n) is 10.7. The molecule has 2 amide bonds. The number of carbonyl (C=O) groups excluding carboxylic acids is 3. The summed E-state index contributed by atoms with van der Waals surface area (Å²) in [6.07, 6.45) is 4.17. The minimum atomic E-state index is -0.860. The number of benzene rings is 1. The van der Waals surface area contributed by atoms with Gasteiger partial charge in [-0.1, -0.05) is 6.07 Å². The van der Waals surface area contributed by atoms with E-state index in [9.17, 15) is 18.8 Å². The van der Waals surface area contributed by atoms with E-state index < -0.39 is 23.2 Å². The van der Waals surface area contributed by atoms with E-state index in [0.717, 1.165) is 12.8 Å². The molecule has 2 fully saturated rings. The zero-order chi connectivity index (χ0) is 22.7. The Kier molecular flexibility index (Phi) is 6.16. The fraction of sp³-hybridized carbons (Fsp3) is 0.435. The number of hydrogen-bond donors (Lipinski definition) is 2. The third-order valence-electron chi connectivity index (χ3n) is 6.17. The molecular weight excluding hydrogens is 417 g/mol. The summed E-state index contributed by atoms with van der Waals surface area (Å²) in [5.74, 6) is -1.44. The Balaban J connectivity index is 1.29. The number of furan rings is 1. The van der Waals surface area contributed by atoms with Crippen molar-refractivity contribution in [3.8, 4) is 0 Å². The lowest BCUT2D eigenvalue weighted by molar-refractivity contribution is -0.124. The fourth-order valence-corrected chi connectivity index (χ4v) is 4.09. The Bertz CT molecular complexity index is 995. The van der Waals surface area contributed by atoms with E-state index in [1.807, 2.05) is 4.90 Å². The molecule has 2 heterocycles. The molecule has 0 atom stereocenters. The number of nitrogens with zero attached hydrogens (tertiary/aromatic N) is 1. The lowest BCUT2D eigenvalue weighted by atomic mass is 9.95. The highest BCUT2D eigenvalue weighted by Crippen LogP contribution is 2.36. The smallest absolute Gasteiger partial charge is 0.342 e. The SMILES string of the molecule is COC(=O)c1c(F)cccc1N1CCC(CNC(=O)C2(NC(=O)c3ccco3)CC2)CC1. The number of esters is 1. The lowest BCUT2D eigenvalue weighted by Gasteiger charge is -2.34. The van der Waals surface area contributed by atoms with Crippen molar-refractivity contribution in [1.29, 1.82) is 0 Å². The normalized spacial score (nSPS) is 17.5. The summed E-state index contributed by atoms with van der Waals surface area (Å²) in [6, 6.07) is 7.72. The van der Waals surface area contributed by atoms with Crippen LogP contribution in [0.3, 0.4) is 0 Å². The molecule has 32 heavy (non-hydrogen) atoms. The monoisotopic (exact) mass is 443 g/mol. The number of rotatable bonds is 7. The van der Waals surface area contributed by atoms with Gasteiger partial charge < -0.3 is 24.7 Å². The quantitative estimate of drug-likeness (QED) is 0.638.